The number of Topliss-reactive ketones (excluding diaryl/α,β-unsaturated/α-hetero) is 1. The number of hydrogen-bond acceptors (Lipinski definition) is 6. The number of hydrogen-bond donors (Lipinski definition) is 2. The zero-order valence-corrected chi connectivity index (χ0v) is 19.9. The summed E-state index contributed by atoms with van der Waals surface area (Å²) in [5.41, 5.74) is 0.710. The number of rotatable bonds is 8. The Bertz CT molecular complexity index is 1230. The summed E-state index contributed by atoms with van der Waals surface area (Å²) in [7, 11) is 0. The Kier molecular flexibility index (Phi) is 8.15. The van der Waals surface area contributed by atoms with Gasteiger partial charge in [-0.05, 0) is 48.4 Å². The number of carbonyl (C=O) groups excluding carboxylic acids is 2. The Morgan fingerprint density at radius 3 is 2.10 bits per heavy atom. The molecule has 210 valence electrons. The number of nitrogens with zero attached hydrogens (tertiary/aromatic N) is 2. The van der Waals surface area contributed by atoms with E-state index in [0.29, 0.717) is 17.0 Å². The highest BCUT2D eigenvalue weighted by atomic mass is 19.4. The molecular formula is C24H20F7N3O5. The van der Waals surface area contributed by atoms with Crippen molar-refractivity contribution in [2.75, 3.05) is 13.1 Å². The summed E-state index contributed by atoms with van der Waals surface area (Å²) in [6.07, 6.45) is -15.1. The number of aldehydes is 1. The SMILES string of the molecule is C[C@@H](O[C@H]1CN(C(=O)O)[C@](C=O)(C(=O)CN=N)[C@@H]1c1ccc(F)cc1)c1cc(C(F)(F)F)cc(C(F)(F)F)c1. The standard InChI is InChI=1S/C24H20F7N3O5/c1-12(14-6-15(23(26,27)28)8-16(7-14)24(29,30)31)39-18-10-34(21(37)38)22(11-35,19(36)9-33-32)20(18)13-2-4-17(25)5-3-13/h2-8,11-12,18,20,32H,9-10H2,1H3,(H,37,38)/t12-,18+,20-,22-/m1/s1. The molecule has 1 heterocycles. The molecule has 2 aromatic carbocycles. The summed E-state index contributed by atoms with van der Waals surface area (Å²) < 4.78 is 99.6. The van der Waals surface area contributed by atoms with Crippen molar-refractivity contribution in [2.45, 2.75) is 42.9 Å². The molecule has 0 aromatic heterocycles. The fraction of sp³-hybridized carbons (Fsp3) is 0.375. The summed E-state index contributed by atoms with van der Waals surface area (Å²) >= 11 is 0. The van der Waals surface area contributed by atoms with Crippen molar-refractivity contribution >= 4 is 18.2 Å². The van der Waals surface area contributed by atoms with Crippen molar-refractivity contribution in [2.24, 2.45) is 5.11 Å². The van der Waals surface area contributed by atoms with E-state index in [4.69, 9.17) is 10.3 Å². The van der Waals surface area contributed by atoms with E-state index in [1.54, 1.807) is 0 Å². The molecule has 0 spiro atoms. The second-order valence-electron chi connectivity index (χ2n) is 8.76. The first kappa shape index (κ1) is 29.7. The average Bonchev–Trinajstić information content (AvgIpc) is 3.18. The van der Waals surface area contributed by atoms with Crippen LogP contribution in [0.4, 0.5) is 35.5 Å². The second kappa shape index (κ2) is 10.7. The largest absolute Gasteiger partial charge is 0.465 e. The number of carbonyl (C=O) groups is 3. The smallest absolute Gasteiger partial charge is 0.416 e. The first-order valence-corrected chi connectivity index (χ1v) is 11.1. The Balaban J connectivity index is 2.15. The van der Waals surface area contributed by atoms with Gasteiger partial charge in [-0.2, -0.15) is 31.5 Å². The van der Waals surface area contributed by atoms with Gasteiger partial charge in [0.1, 0.15) is 12.4 Å². The van der Waals surface area contributed by atoms with Gasteiger partial charge in [0.15, 0.2) is 17.6 Å². The van der Waals surface area contributed by atoms with Crippen LogP contribution >= 0.6 is 0 Å². The van der Waals surface area contributed by atoms with Crippen molar-refractivity contribution in [1.82, 2.24) is 4.90 Å². The number of carboxylic acid groups (broad SMARTS) is 1. The lowest BCUT2D eigenvalue weighted by molar-refractivity contribution is -0.143. The molecule has 1 aliphatic heterocycles. The molecule has 1 amide bonds. The molecule has 0 aliphatic carbocycles. The second-order valence-corrected chi connectivity index (χ2v) is 8.76. The van der Waals surface area contributed by atoms with E-state index in [9.17, 15) is 50.2 Å². The minimum absolute atomic E-state index is 0.00269. The molecule has 1 saturated heterocycles. The molecule has 0 saturated carbocycles. The maximum absolute atomic E-state index is 13.6. The zero-order valence-electron chi connectivity index (χ0n) is 19.9. The highest BCUT2D eigenvalue weighted by Gasteiger charge is 2.61. The van der Waals surface area contributed by atoms with Gasteiger partial charge >= 0.3 is 18.4 Å². The van der Waals surface area contributed by atoms with Gasteiger partial charge < -0.3 is 14.6 Å². The number of ether oxygens (including phenoxy) is 1. The number of amides is 1. The molecule has 3 rings (SSSR count). The van der Waals surface area contributed by atoms with Gasteiger partial charge in [-0.25, -0.2) is 14.7 Å². The topological polar surface area (TPSA) is 120 Å². The molecule has 1 fully saturated rings. The summed E-state index contributed by atoms with van der Waals surface area (Å²) in [6, 6.07) is 4.94. The van der Waals surface area contributed by atoms with E-state index in [2.05, 4.69) is 5.11 Å². The van der Waals surface area contributed by atoms with E-state index >= 15 is 0 Å². The highest BCUT2D eigenvalue weighted by molar-refractivity contribution is 6.08. The summed E-state index contributed by atoms with van der Waals surface area (Å²) in [5.74, 6) is -3.39. The lowest BCUT2D eigenvalue weighted by Crippen LogP contribution is -2.58. The van der Waals surface area contributed by atoms with Gasteiger partial charge in [0.2, 0.25) is 0 Å². The van der Waals surface area contributed by atoms with Crippen LogP contribution in [0.25, 0.3) is 0 Å². The van der Waals surface area contributed by atoms with Crippen LogP contribution in [0.1, 0.15) is 41.2 Å². The van der Waals surface area contributed by atoms with E-state index in [0.717, 1.165) is 31.2 Å². The Labute approximate surface area is 215 Å². The minimum atomic E-state index is -5.14. The number of halogens is 7. The first-order valence-electron chi connectivity index (χ1n) is 11.1. The highest BCUT2D eigenvalue weighted by Crippen LogP contribution is 2.46. The maximum Gasteiger partial charge on any atom is 0.416 e. The molecular weight excluding hydrogens is 543 g/mol. The van der Waals surface area contributed by atoms with E-state index in [1.165, 1.54) is 0 Å². The third-order valence-electron chi connectivity index (χ3n) is 6.42. The number of benzene rings is 2. The maximum atomic E-state index is 13.6. The molecule has 1 aliphatic rings. The van der Waals surface area contributed by atoms with E-state index in [1.807, 2.05) is 0 Å². The molecule has 0 bridgehead atoms. The predicted molar refractivity (Wildman–Crippen MR) is 117 cm³/mol. The summed E-state index contributed by atoms with van der Waals surface area (Å²) in [6.45, 7) is -0.523. The molecule has 4 atom stereocenters. The minimum Gasteiger partial charge on any atom is -0.465 e. The lowest BCUT2D eigenvalue weighted by atomic mass is 9.76. The Morgan fingerprint density at radius 2 is 1.67 bits per heavy atom. The van der Waals surface area contributed by atoms with Gasteiger partial charge in [-0.1, -0.05) is 12.1 Å². The monoisotopic (exact) mass is 563 g/mol. The molecule has 39 heavy (non-hydrogen) atoms. The number of nitrogens with one attached hydrogen (secondary N) is 1. The molecule has 0 radical (unpaired) electrons. The van der Waals surface area contributed by atoms with Crippen molar-refractivity contribution in [3.8, 4) is 0 Å². The van der Waals surface area contributed by atoms with Crippen LogP contribution in [0.3, 0.4) is 0 Å². The van der Waals surface area contributed by atoms with Gasteiger partial charge in [0.25, 0.3) is 0 Å². The summed E-state index contributed by atoms with van der Waals surface area (Å²) in [4.78, 5) is 38.0. The summed E-state index contributed by atoms with van der Waals surface area (Å²) in [5, 5.41) is 12.7. The number of alkyl halides is 6. The predicted octanol–water partition coefficient (Wildman–Crippen LogP) is 5.62. The van der Waals surface area contributed by atoms with Crippen LogP contribution in [0.5, 0.6) is 0 Å². The molecule has 2 aromatic rings. The van der Waals surface area contributed by atoms with Crippen LogP contribution in [0.2, 0.25) is 0 Å². The fourth-order valence-corrected chi connectivity index (χ4v) is 4.66. The van der Waals surface area contributed by atoms with Crippen molar-refractivity contribution in [3.63, 3.8) is 0 Å². The molecule has 8 nitrogen and oxygen atoms in total. The van der Waals surface area contributed by atoms with Gasteiger partial charge in [0, 0.05) is 5.92 Å². The fourth-order valence-electron chi connectivity index (χ4n) is 4.66. The third-order valence-corrected chi connectivity index (χ3v) is 6.42. The molecule has 15 heteroatoms. The third kappa shape index (κ3) is 5.77. The first-order chi connectivity index (χ1) is 18.1. The van der Waals surface area contributed by atoms with Crippen molar-refractivity contribution < 1.29 is 55.0 Å². The van der Waals surface area contributed by atoms with Crippen LogP contribution in [0.15, 0.2) is 47.6 Å². The lowest BCUT2D eigenvalue weighted by Gasteiger charge is -2.35. The van der Waals surface area contributed by atoms with Crippen LogP contribution in [-0.4, -0.2) is 52.9 Å². The Morgan fingerprint density at radius 1 is 1.13 bits per heavy atom. The van der Waals surface area contributed by atoms with Crippen LogP contribution < -0.4 is 0 Å². The molecule has 2 N–H and O–H groups in total. The van der Waals surface area contributed by atoms with Gasteiger partial charge in [-0.3, -0.25) is 9.69 Å². The van der Waals surface area contributed by atoms with Crippen molar-refractivity contribution in [3.05, 3.63) is 70.5 Å². The van der Waals surface area contributed by atoms with Gasteiger partial charge in [0.05, 0.1) is 29.9 Å². The normalized spacial score (nSPS) is 22.4. The van der Waals surface area contributed by atoms with E-state index in [-0.39, 0.29) is 17.9 Å². The van der Waals surface area contributed by atoms with Crippen LogP contribution in [0, 0.1) is 11.3 Å². The Hall–Kier alpha value is -3.88. The average molecular weight is 563 g/mol. The number of ketones is 1. The quantitative estimate of drug-likeness (QED) is 0.187. The molecule has 0 unspecified atom stereocenters. The number of likely N-dealkylation sites (tertiary alicyclic amines) is 1. The van der Waals surface area contributed by atoms with E-state index < -0.39 is 83.5 Å². The van der Waals surface area contributed by atoms with Crippen LogP contribution in [-0.2, 0) is 26.7 Å². The zero-order chi connectivity index (χ0) is 29.3. The van der Waals surface area contributed by atoms with Crippen molar-refractivity contribution in [1.29, 1.82) is 5.53 Å². The van der Waals surface area contributed by atoms with Gasteiger partial charge in [-0.15, -0.1) is 0 Å².